The van der Waals surface area contributed by atoms with Crippen LogP contribution >= 0.6 is 0 Å². The molecule has 1 amide bonds. The smallest absolute Gasteiger partial charge is 0.274 e. The number of carbonyl (C=O) groups is 1. The molecular formula is C24H22F2N4O3. The van der Waals surface area contributed by atoms with Crippen LogP contribution in [0, 0.1) is 18.6 Å². The Balaban J connectivity index is 1.78. The van der Waals surface area contributed by atoms with Crippen LogP contribution in [0.2, 0.25) is 0 Å². The fourth-order valence-corrected chi connectivity index (χ4v) is 3.66. The molecule has 0 saturated heterocycles. The molecule has 0 atom stereocenters. The molecule has 7 nitrogen and oxygen atoms in total. The van der Waals surface area contributed by atoms with Gasteiger partial charge in [0.2, 0.25) is 0 Å². The molecule has 0 fully saturated rings. The average Bonchev–Trinajstić information content (AvgIpc) is 3.16. The summed E-state index contributed by atoms with van der Waals surface area (Å²) < 4.78 is 33.2. The van der Waals surface area contributed by atoms with E-state index < -0.39 is 17.5 Å². The van der Waals surface area contributed by atoms with Crippen LogP contribution in [0.1, 0.15) is 29.5 Å². The van der Waals surface area contributed by atoms with E-state index in [0.29, 0.717) is 34.6 Å². The summed E-state index contributed by atoms with van der Waals surface area (Å²) in [5, 5.41) is 1.09. The lowest BCUT2D eigenvalue weighted by Gasteiger charge is -2.25. The van der Waals surface area contributed by atoms with Crippen molar-refractivity contribution in [2.24, 2.45) is 0 Å². The number of aromatic nitrogens is 2. The van der Waals surface area contributed by atoms with Crippen LogP contribution in [-0.4, -0.2) is 22.4 Å². The number of halogens is 2. The highest BCUT2D eigenvalue weighted by Gasteiger charge is 2.23. The largest absolute Gasteiger partial charge is 0.452 e. The number of ether oxygens (including phenoxy) is 1. The number of aryl methyl sites for hydroxylation is 1. The lowest BCUT2D eigenvalue weighted by atomic mass is 10.1. The van der Waals surface area contributed by atoms with Gasteiger partial charge in [-0.1, -0.05) is 6.92 Å². The van der Waals surface area contributed by atoms with E-state index in [9.17, 15) is 18.4 Å². The molecule has 0 saturated carbocycles. The number of hydrogen-bond acceptors (Lipinski definition) is 4. The molecule has 170 valence electrons. The Bertz CT molecular complexity index is 1410. The third-order valence-corrected chi connectivity index (χ3v) is 5.19. The first-order valence-corrected chi connectivity index (χ1v) is 10.3. The molecule has 4 N–H and O–H groups in total. The molecule has 0 unspecified atom stereocenters. The highest BCUT2D eigenvalue weighted by Crippen LogP contribution is 2.36. The fraction of sp³-hybridized carbons (Fsp3) is 0.167. The van der Waals surface area contributed by atoms with E-state index in [4.69, 9.17) is 10.5 Å². The summed E-state index contributed by atoms with van der Waals surface area (Å²) in [7, 11) is 0. The van der Waals surface area contributed by atoms with Crippen molar-refractivity contribution in [2.75, 3.05) is 17.2 Å². The second-order valence-corrected chi connectivity index (χ2v) is 7.62. The summed E-state index contributed by atoms with van der Waals surface area (Å²) in [5.74, 6) is -2.16. The highest BCUT2D eigenvalue weighted by molar-refractivity contribution is 6.07. The van der Waals surface area contributed by atoms with E-state index in [0.717, 1.165) is 12.1 Å². The molecule has 4 rings (SSSR count). The van der Waals surface area contributed by atoms with E-state index >= 15 is 0 Å². The molecule has 9 heteroatoms. The standard InChI is InChI=1S/C24H22F2N4O3/c1-3-8-30(24(32)18-9-14-12-28-13(2)22(14)23(31)29-18)19-11-16(27)5-7-21(19)33-20-6-4-15(25)10-17(20)26/h4-7,9-12,28H,3,8,27H2,1-2H3,(H,29,31). The second kappa shape index (κ2) is 8.78. The van der Waals surface area contributed by atoms with E-state index in [1.54, 1.807) is 25.3 Å². The molecule has 0 radical (unpaired) electrons. The monoisotopic (exact) mass is 452 g/mol. The molecule has 0 aliphatic rings. The number of carbonyl (C=O) groups excluding carboxylic acids is 1. The van der Waals surface area contributed by atoms with Crippen molar-refractivity contribution in [3.63, 3.8) is 0 Å². The number of nitrogen functional groups attached to an aromatic ring is 1. The molecule has 33 heavy (non-hydrogen) atoms. The van der Waals surface area contributed by atoms with Gasteiger partial charge in [0.15, 0.2) is 17.3 Å². The normalized spacial score (nSPS) is 11.0. The molecule has 2 aromatic heterocycles. The van der Waals surface area contributed by atoms with Crippen LogP contribution in [0.5, 0.6) is 11.5 Å². The predicted octanol–water partition coefficient (Wildman–Crippen LogP) is 4.87. The molecule has 0 aliphatic carbocycles. The van der Waals surface area contributed by atoms with Crippen molar-refractivity contribution in [2.45, 2.75) is 20.3 Å². The number of nitrogens with two attached hydrogens (primary N) is 1. The van der Waals surface area contributed by atoms with Crippen LogP contribution in [0.25, 0.3) is 10.8 Å². The number of pyridine rings is 1. The van der Waals surface area contributed by atoms with Crippen molar-refractivity contribution in [1.29, 1.82) is 0 Å². The maximum Gasteiger partial charge on any atom is 0.274 e. The van der Waals surface area contributed by atoms with Crippen molar-refractivity contribution < 1.29 is 18.3 Å². The Labute approximate surface area is 187 Å². The molecule has 0 aliphatic heterocycles. The number of fused-ring (bicyclic) bond motifs is 1. The number of H-pyrrole nitrogens is 2. The quantitative estimate of drug-likeness (QED) is 0.363. The maximum atomic E-state index is 14.2. The van der Waals surface area contributed by atoms with E-state index in [2.05, 4.69) is 9.97 Å². The number of rotatable bonds is 6. The first-order valence-electron chi connectivity index (χ1n) is 10.3. The maximum absolute atomic E-state index is 14.2. The molecule has 4 aromatic rings. The molecule has 0 spiro atoms. The Hall–Kier alpha value is -4.14. The van der Waals surface area contributed by atoms with Gasteiger partial charge in [0, 0.05) is 35.6 Å². The zero-order valence-electron chi connectivity index (χ0n) is 18.0. The van der Waals surface area contributed by atoms with E-state index in [1.165, 1.54) is 17.0 Å². The number of hydrogen-bond donors (Lipinski definition) is 3. The summed E-state index contributed by atoms with van der Waals surface area (Å²) in [4.78, 5) is 33.1. The van der Waals surface area contributed by atoms with Gasteiger partial charge in [-0.05, 0) is 49.7 Å². The number of aromatic amines is 2. The van der Waals surface area contributed by atoms with Crippen LogP contribution in [0.15, 0.2) is 53.5 Å². The minimum Gasteiger partial charge on any atom is -0.452 e. The minimum absolute atomic E-state index is 0.0845. The molecule has 0 bridgehead atoms. The highest BCUT2D eigenvalue weighted by atomic mass is 19.1. The number of amides is 1. The minimum atomic E-state index is -0.885. The Morgan fingerprint density at radius 2 is 1.88 bits per heavy atom. The van der Waals surface area contributed by atoms with Crippen LogP contribution in [0.4, 0.5) is 20.2 Å². The molecular weight excluding hydrogens is 430 g/mol. The van der Waals surface area contributed by atoms with E-state index in [1.807, 2.05) is 6.92 Å². The van der Waals surface area contributed by atoms with Gasteiger partial charge >= 0.3 is 0 Å². The Morgan fingerprint density at radius 1 is 1.12 bits per heavy atom. The van der Waals surface area contributed by atoms with Gasteiger partial charge in [0.25, 0.3) is 11.5 Å². The van der Waals surface area contributed by atoms with Gasteiger partial charge in [0.1, 0.15) is 11.5 Å². The Kier molecular flexibility index (Phi) is 5.87. The summed E-state index contributed by atoms with van der Waals surface area (Å²) >= 11 is 0. The zero-order chi connectivity index (χ0) is 23.7. The second-order valence-electron chi connectivity index (χ2n) is 7.62. The van der Waals surface area contributed by atoms with Crippen molar-refractivity contribution in [3.05, 3.63) is 82.0 Å². The van der Waals surface area contributed by atoms with E-state index in [-0.39, 0.29) is 35.0 Å². The van der Waals surface area contributed by atoms with Crippen LogP contribution in [-0.2, 0) is 0 Å². The van der Waals surface area contributed by atoms with Gasteiger partial charge in [0.05, 0.1) is 11.1 Å². The first kappa shape index (κ1) is 22.1. The number of nitrogens with zero attached hydrogens (tertiary/aromatic N) is 1. The fourth-order valence-electron chi connectivity index (χ4n) is 3.66. The van der Waals surface area contributed by atoms with Gasteiger partial charge in [-0.2, -0.15) is 0 Å². The average molecular weight is 452 g/mol. The SMILES string of the molecule is CCCN(C(=O)c1cc2c[nH]c(C)c2c(=O)[nH]1)c1cc(N)ccc1Oc1ccc(F)cc1F. The summed E-state index contributed by atoms with van der Waals surface area (Å²) in [6, 6.07) is 9.12. The number of anilines is 2. The zero-order valence-corrected chi connectivity index (χ0v) is 18.0. The number of benzene rings is 2. The lowest BCUT2D eigenvalue weighted by Crippen LogP contribution is -2.33. The Morgan fingerprint density at radius 3 is 2.61 bits per heavy atom. The van der Waals surface area contributed by atoms with Crippen LogP contribution in [0.3, 0.4) is 0 Å². The topological polar surface area (TPSA) is 104 Å². The van der Waals surface area contributed by atoms with Crippen molar-refractivity contribution in [1.82, 2.24) is 9.97 Å². The summed E-state index contributed by atoms with van der Waals surface area (Å²) in [6.07, 6.45) is 2.24. The van der Waals surface area contributed by atoms with Gasteiger partial charge in [-0.25, -0.2) is 8.78 Å². The van der Waals surface area contributed by atoms with Crippen LogP contribution < -0.4 is 20.9 Å². The van der Waals surface area contributed by atoms with Crippen molar-refractivity contribution >= 4 is 28.1 Å². The van der Waals surface area contributed by atoms with Gasteiger partial charge in [-0.15, -0.1) is 0 Å². The third-order valence-electron chi connectivity index (χ3n) is 5.19. The lowest BCUT2D eigenvalue weighted by molar-refractivity contribution is 0.0981. The van der Waals surface area contributed by atoms with Crippen molar-refractivity contribution in [3.8, 4) is 11.5 Å². The predicted molar refractivity (Wildman–Crippen MR) is 123 cm³/mol. The van der Waals surface area contributed by atoms with Gasteiger partial charge in [-0.3, -0.25) is 9.59 Å². The summed E-state index contributed by atoms with van der Waals surface area (Å²) in [6.45, 7) is 3.93. The van der Waals surface area contributed by atoms with Gasteiger partial charge < -0.3 is 25.3 Å². The number of nitrogens with one attached hydrogen (secondary N) is 2. The molecule has 2 aromatic carbocycles. The summed E-state index contributed by atoms with van der Waals surface area (Å²) in [5.41, 5.74) is 7.01. The molecule has 2 heterocycles. The third kappa shape index (κ3) is 4.30. The first-order chi connectivity index (χ1) is 15.8.